The largest absolute Gasteiger partial charge is 0.463 e. The molecule has 4 heteroatoms. The second-order valence-electron chi connectivity index (χ2n) is 1.95. The van der Waals surface area contributed by atoms with Gasteiger partial charge in [-0.1, -0.05) is 0 Å². The second-order valence-corrected chi connectivity index (χ2v) is 1.95. The van der Waals surface area contributed by atoms with E-state index in [1.807, 2.05) is 0 Å². The number of nitrogens with zero attached hydrogens (tertiary/aromatic N) is 1. The van der Waals surface area contributed by atoms with E-state index in [-0.39, 0.29) is 0 Å². The van der Waals surface area contributed by atoms with Gasteiger partial charge in [0.2, 0.25) is 0 Å². The number of aliphatic imine (C=N–C) groups is 1. The maximum absolute atomic E-state index is 5.08. The van der Waals surface area contributed by atoms with Crippen molar-refractivity contribution in [3.63, 3.8) is 0 Å². The maximum atomic E-state index is 5.08. The summed E-state index contributed by atoms with van der Waals surface area (Å²) < 4.78 is 9.91. The fraction of sp³-hybridized carbons (Fsp3) is 0.833. The molecule has 1 aliphatic heterocycles. The van der Waals surface area contributed by atoms with E-state index in [4.69, 9.17) is 9.47 Å². The van der Waals surface area contributed by atoms with E-state index in [9.17, 15) is 0 Å². The normalized spacial score (nSPS) is 16.3. The van der Waals surface area contributed by atoms with Gasteiger partial charge in [0.05, 0.1) is 13.2 Å². The number of hydrogen-bond acceptors (Lipinski definition) is 4. The molecule has 1 aliphatic rings. The van der Waals surface area contributed by atoms with Gasteiger partial charge in [-0.05, 0) is 0 Å². The zero-order chi connectivity index (χ0) is 7.23. The zero-order valence-electron chi connectivity index (χ0n) is 6.09. The number of methoxy groups -OCH3 is 1. The average Bonchev–Trinajstić information content (AvgIpc) is 2.41. The van der Waals surface area contributed by atoms with Gasteiger partial charge >= 0.3 is 0 Å². The molecule has 10 heavy (non-hydrogen) atoms. The first-order chi connectivity index (χ1) is 4.93. The molecular weight excluding hydrogens is 132 g/mol. The molecule has 58 valence electrons. The van der Waals surface area contributed by atoms with Crippen molar-refractivity contribution < 1.29 is 9.47 Å². The third-order valence-corrected chi connectivity index (χ3v) is 1.17. The molecule has 0 fully saturated rings. The Morgan fingerprint density at radius 2 is 2.70 bits per heavy atom. The van der Waals surface area contributed by atoms with Crippen LogP contribution in [0.2, 0.25) is 0 Å². The van der Waals surface area contributed by atoms with Crippen LogP contribution in [-0.4, -0.2) is 39.4 Å². The highest BCUT2D eigenvalue weighted by Gasteiger charge is 2.04. The lowest BCUT2D eigenvalue weighted by atomic mass is 10.7. The molecule has 0 aromatic rings. The van der Waals surface area contributed by atoms with Crippen molar-refractivity contribution in [2.45, 2.75) is 0 Å². The van der Waals surface area contributed by atoms with Gasteiger partial charge in [-0.25, -0.2) is 4.99 Å². The highest BCUT2D eigenvalue weighted by Crippen LogP contribution is 1.88. The number of ether oxygens (including phenoxy) is 2. The summed E-state index contributed by atoms with van der Waals surface area (Å²) in [6.07, 6.45) is 0. The molecule has 1 heterocycles. The molecule has 0 saturated heterocycles. The molecule has 0 unspecified atom stereocenters. The number of hydrogen-bond donors (Lipinski definition) is 1. The molecular formula is C6H12N2O2. The van der Waals surface area contributed by atoms with Gasteiger partial charge in [0, 0.05) is 13.7 Å². The molecule has 0 atom stereocenters. The summed E-state index contributed by atoms with van der Waals surface area (Å²) in [6.45, 7) is 2.92. The Bertz CT molecular complexity index is 125. The molecule has 1 rings (SSSR count). The molecule has 0 amide bonds. The average molecular weight is 144 g/mol. The summed E-state index contributed by atoms with van der Waals surface area (Å²) in [4.78, 5) is 4.04. The highest BCUT2D eigenvalue weighted by atomic mass is 16.5. The number of rotatable bonds is 3. The fourth-order valence-corrected chi connectivity index (χ4v) is 0.702. The summed E-state index contributed by atoms with van der Waals surface area (Å²) in [5.74, 6) is 0. The van der Waals surface area contributed by atoms with E-state index in [0.717, 1.165) is 13.1 Å². The molecule has 0 saturated carbocycles. The summed E-state index contributed by atoms with van der Waals surface area (Å²) >= 11 is 0. The molecule has 0 spiro atoms. The van der Waals surface area contributed by atoms with Crippen LogP contribution in [-0.2, 0) is 9.47 Å². The van der Waals surface area contributed by atoms with Crippen LogP contribution in [0.15, 0.2) is 4.99 Å². The lowest BCUT2D eigenvalue weighted by molar-refractivity contribution is 0.201. The summed E-state index contributed by atoms with van der Waals surface area (Å²) in [5.41, 5.74) is 0. The number of amidine groups is 1. The predicted octanol–water partition coefficient (Wildman–Crippen LogP) is -0.391. The highest BCUT2D eigenvalue weighted by molar-refractivity contribution is 5.74. The second kappa shape index (κ2) is 4.11. The van der Waals surface area contributed by atoms with Gasteiger partial charge in [0.15, 0.2) is 0 Å². The topological polar surface area (TPSA) is 42.8 Å². The minimum atomic E-state index is 0.650. The molecule has 1 N–H and O–H groups in total. The Morgan fingerprint density at radius 1 is 1.80 bits per heavy atom. The van der Waals surface area contributed by atoms with Crippen molar-refractivity contribution in [1.82, 2.24) is 5.32 Å². The Kier molecular flexibility index (Phi) is 3.02. The van der Waals surface area contributed by atoms with E-state index in [1.54, 1.807) is 7.11 Å². The molecule has 0 aromatic carbocycles. The standard InChI is InChI=1S/C6H12N2O2/c1-9-4-2-7-6-8-3-5-10-6/h2-5H2,1H3,(H,7,8). The Morgan fingerprint density at radius 3 is 3.30 bits per heavy atom. The van der Waals surface area contributed by atoms with Crippen LogP contribution in [0, 0.1) is 0 Å². The molecule has 4 nitrogen and oxygen atoms in total. The monoisotopic (exact) mass is 144 g/mol. The van der Waals surface area contributed by atoms with Gasteiger partial charge in [0.25, 0.3) is 6.02 Å². The van der Waals surface area contributed by atoms with Gasteiger partial charge in [-0.2, -0.15) is 0 Å². The van der Waals surface area contributed by atoms with E-state index in [2.05, 4.69) is 10.3 Å². The van der Waals surface area contributed by atoms with Crippen LogP contribution in [0.4, 0.5) is 0 Å². The lowest BCUT2D eigenvalue weighted by Gasteiger charge is -2.03. The smallest absolute Gasteiger partial charge is 0.284 e. The maximum Gasteiger partial charge on any atom is 0.284 e. The molecule has 0 aromatic heterocycles. The van der Waals surface area contributed by atoms with Crippen molar-refractivity contribution in [2.75, 3.05) is 33.4 Å². The first-order valence-corrected chi connectivity index (χ1v) is 3.33. The zero-order valence-corrected chi connectivity index (χ0v) is 6.09. The third-order valence-electron chi connectivity index (χ3n) is 1.17. The number of nitrogens with one attached hydrogen (secondary N) is 1. The first kappa shape index (κ1) is 7.34. The van der Waals surface area contributed by atoms with Gasteiger partial charge in [-0.3, -0.25) is 0 Å². The van der Waals surface area contributed by atoms with Crippen LogP contribution in [0.3, 0.4) is 0 Å². The first-order valence-electron chi connectivity index (χ1n) is 3.33. The van der Waals surface area contributed by atoms with Crippen LogP contribution < -0.4 is 5.32 Å². The molecule has 0 aliphatic carbocycles. The summed E-state index contributed by atoms with van der Waals surface area (Å²) in [7, 11) is 1.67. The van der Waals surface area contributed by atoms with Crippen molar-refractivity contribution in [2.24, 2.45) is 4.99 Å². The van der Waals surface area contributed by atoms with Crippen molar-refractivity contribution in [1.29, 1.82) is 0 Å². The SMILES string of the molecule is COCCNC1=NCCO1. The van der Waals surface area contributed by atoms with Crippen molar-refractivity contribution in [3.8, 4) is 0 Å². The van der Waals surface area contributed by atoms with E-state index < -0.39 is 0 Å². The van der Waals surface area contributed by atoms with Gasteiger partial charge in [0.1, 0.15) is 6.61 Å². The minimum absolute atomic E-state index is 0.650. The van der Waals surface area contributed by atoms with Crippen LogP contribution in [0.1, 0.15) is 0 Å². The van der Waals surface area contributed by atoms with Crippen molar-refractivity contribution >= 4 is 6.02 Å². The van der Waals surface area contributed by atoms with Gasteiger partial charge < -0.3 is 14.8 Å². The van der Waals surface area contributed by atoms with Crippen LogP contribution >= 0.6 is 0 Å². The Labute approximate surface area is 60.2 Å². The minimum Gasteiger partial charge on any atom is -0.463 e. The Balaban J connectivity index is 2.01. The fourth-order valence-electron chi connectivity index (χ4n) is 0.702. The van der Waals surface area contributed by atoms with E-state index in [1.165, 1.54) is 0 Å². The summed E-state index contributed by atoms with van der Waals surface area (Å²) in [6, 6.07) is 0.650. The van der Waals surface area contributed by atoms with Gasteiger partial charge in [-0.15, -0.1) is 0 Å². The lowest BCUT2D eigenvalue weighted by Crippen LogP contribution is -2.26. The van der Waals surface area contributed by atoms with Crippen LogP contribution in [0.5, 0.6) is 0 Å². The molecule has 0 radical (unpaired) electrons. The molecule has 0 bridgehead atoms. The van der Waals surface area contributed by atoms with Crippen LogP contribution in [0.25, 0.3) is 0 Å². The Hall–Kier alpha value is -0.770. The van der Waals surface area contributed by atoms with E-state index >= 15 is 0 Å². The van der Waals surface area contributed by atoms with Crippen molar-refractivity contribution in [3.05, 3.63) is 0 Å². The third kappa shape index (κ3) is 2.23. The predicted molar refractivity (Wildman–Crippen MR) is 38.1 cm³/mol. The summed E-state index contributed by atoms with van der Waals surface area (Å²) in [5, 5.41) is 2.99. The van der Waals surface area contributed by atoms with E-state index in [0.29, 0.717) is 19.2 Å². The quantitative estimate of drug-likeness (QED) is 0.548.